The van der Waals surface area contributed by atoms with Crippen molar-refractivity contribution >= 4 is 16.0 Å². The van der Waals surface area contributed by atoms with Crippen LogP contribution in [0.2, 0.25) is 0 Å². The van der Waals surface area contributed by atoms with E-state index in [0.29, 0.717) is 43.1 Å². The van der Waals surface area contributed by atoms with E-state index in [1.54, 1.807) is 13.1 Å². The molecule has 1 N–H and O–H groups in total. The maximum absolute atomic E-state index is 13.7. The number of benzene rings is 2. The highest BCUT2D eigenvalue weighted by Crippen LogP contribution is 2.66. The van der Waals surface area contributed by atoms with Gasteiger partial charge in [0.15, 0.2) is 11.5 Å². The molecule has 8 nitrogen and oxygen atoms in total. The summed E-state index contributed by atoms with van der Waals surface area (Å²) in [6, 6.07) is 12.5. The van der Waals surface area contributed by atoms with Crippen molar-refractivity contribution in [3.8, 4) is 11.5 Å². The van der Waals surface area contributed by atoms with E-state index in [9.17, 15) is 18.3 Å². The molecule has 5 atom stereocenters. The van der Waals surface area contributed by atoms with Gasteiger partial charge in [0, 0.05) is 32.1 Å². The molecule has 0 unspecified atom stereocenters. The van der Waals surface area contributed by atoms with Crippen molar-refractivity contribution in [3.63, 3.8) is 0 Å². The topological polar surface area (TPSA) is 96.4 Å². The number of carbonyl (C=O) groups is 1. The van der Waals surface area contributed by atoms with Crippen LogP contribution in [-0.2, 0) is 32.4 Å². The molecule has 2 aliphatic heterocycles. The zero-order chi connectivity index (χ0) is 27.2. The molecular weight excluding hydrogens is 516 g/mol. The summed E-state index contributed by atoms with van der Waals surface area (Å²) < 4.78 is 41.2. The molecule has 0 amide bonds. The number of hydrogen-bond donors (Lipinski definition) is 1. The third-order valence-electron chi connectivity index (χ3n) is 10.1. The fourth-order valence-electron chi connectivity index (χ4n) is 8.15. The average molecular weight is 553 g/mol. The summed E-state index contributed by atoms with van der Waals surface area (Å²) >= 11 is 0. The summed E-state index contributed by atoms with van der Waals surface area (Å²) in [4.78, 5) is 14.5. The van der Waals surface area contributed by atoms with Gasteiger partial charge in [0.05, 0.1) is 22.8 Å². The van der Waals surface area contributed by atoms with E-state index in [4.69, 9.17) is 9.47 Å². The zero-order valence-corrected chi connectivity index (χ0v) is 23.3. The third kappa shape index (κ3) is 3.73. The number of nitrogens with zero attached hydrogens (tertiary/aromatic N) is 2. The highest BCUT2D eigenvalue weighted by Gasteiger charge is 2.73. The van der Waals surface area contributed by atoms with Crippen LogP contribution in [0.3, 0.4) is 0 Å². The van der Waals surface area contributed by atoms with Crippen LogP contribution in [0.15, 0.2) is 42.5 Å². The lowest BCUT2D eigenvalue weighted by Crippen LogP contribution is -2.78. The van der Waals surface area contributed by atoms with Crippen LogP contribution in [0, 0.1) is 5.92 Å². The molecule has 2 bridgehead atoms. The largest absolute Gasteiger partial charge is 0.483 e. The molecule has 0 radical (unpaired) electrons. The molecule has 7 rings (SSSR count). The Bertz CT molecular complexity index is 1430. The molecule has 208 valence electrons. The molecule has 39 heavy (non-hydrogen) atoms. The Morgan fingerprint density at radius 1 is 1.15 bits per heavy atom. The minimum atomic E-state index is -3.67. The van der Waals surface area contributed by atoms with E-state index < -0.39 is 39.2 Å². The minimum absolute atomic E-state index is 0.0526. The van der Waals surface area contributed by atoms with Crippen LogP contribution in [0.1, 0.15) is 55.7 Å². The predicted octanol–water partition coefficient (Wildman–Crippen LogP) is 3.01. The van der Waals surface area contributed by atoms with E-state index in [0.717, 1.165) is 29.8 Å². The van der Waals surface area contributed by atoms with E-state index in [-0.39, 0.29) is 11.8 Å². The summed E-state index contributed by atoms with van der Waals surface area (Å²) in [5.41, 5.74) is 0.939. The first-order valence-electron chi connectivity index (χ1n) is 14.1. The Hall–Kier alpha value is -2.46. The van der Waals surface area contributed by atoms with Gasteiger partial charge in [0.2, 0.25) is 10.0 Å². The summed E-state index contributed by atoms with van der Waals surface area (Å²) in [7, 11) is -2.02. The number of likely N-dealkylation sites (tertiary alicyclic amines) is 1. The maximum atomic E-state index is 13.7. The van der Waals surface area contributed by atoms with Gasteiger partial charge in [-0.05, 0) is 68.2 Å². The number of sulfonamides is 1. The number of hydrogen-bond acceptors (Lipinski definition) is 7. The molecule has 2 aromatic rings. The maximum Gasteiger partial charge on any atom is 0.308 e. The van der Waals surface area contributed by atoms with Crippen molar-refractivity contribution in [2.75, 3.05) is 20.1 Å². The summed E-state index contributed by atoms with van der Waals surface area (Å²) in [6.07, 6.45) is 4.27. The van der Waals surface area contributed by atoms with E-state index in [1.807, 2.05) is 36.4 Å². The number of esters is 1. The van der Waals surface area contributed by atoms with Crippen molar-refractivity contribution in [1.82, 2.24) is 9.21 Å². The molecular formula is C30H36N2O6S. The first-order chi connectivity index (χ1) is 18.6. The Labute approximate surface area is 229 Å². The molecule has 2 saturated carbocycles. The van der Waals surface area contributed by atoms with Gasteiger partial charge in [0.1, 0.15) is 6.10 Å². The Kier molecular flexibility index (Phi) is 5.73. The molecule has 1 spiro atoms. The highest BCUT2D eigenvalue weighted by atomic mass is 32.2. The van der Waals surface area contributed by atoms with E-state index in [1.165, 1.54) is 24.1 Å². The first kappa shape index (κ1) is 25.5. The van der Waals surface area contributed by atoms with Crippen molar-refractivity contribution in [2.24, 2.45) is 5.92 Å². The van der Waals surface area contributed by atoms with E-state index >= 15 is 0 Å². The van der Waals surface area contributed by atoms with Crippen molar-refractivity contribution in [3.05, 3.63) is 59.2 Å². The van der Waals surface area contributed by atoms with Crippen LogP contribution in [-0.4, -0.2) is 72.6 Å². The van der Waals surface area contributed by atoms with Gasteiger partial charge in [-0.15, -0.1) is 0 Å². The van der Waals surface area contributed by atoms with Crippen LogP contribution in [0.4, 0.5) is 0 Å². The number of ether oxygens (including phenoxy) is 2. The first-order valence-corrected chi connectivity index (χ1v) is 15.7. The van der Waals surface area contributed by atoms with Crippen LogP contribution in [0.25, 0.3) is 0 Å². The van der Waals surface area contributed by atoms with E-state index in [2.05, 4.69) is 4.90 Å². The number of piperidine rings is 1. The second kappa shape index (κ2) is 8.77. The lowest BCUT2D eigenvalue weighted by Gasteiger charge is -2.64. The second-order valence-electron chi connectivity index (χ2n) is 12.2. The number of rotatable bonds is 7. The van der Waals surface area contributed by atoms with Crippen LogP contribution < -0.4 is 9.47 Å². The lowest BCUT2D eigenvalue weighted by molar-refractivity contribution is -0.195. The number of likely N-dealkylation sites (N-methyl/N-ethyl adjacent to an activating group) is 1. The fourth-order valence-corrected chi connectivity index (χ4v) is 9.59. The van der Waals surface area contributed by atoms with Crippen molar-refractivity contribution in [1.29, 1.82) is 0 Å². The van der Waals surface area contributed by atoms with Gasteiger partial charge >= 0.3 is 5.97 Å². The van der Waals surface area contributed by atoms with Gasteiger partial charge in [-0.2, -0.15) is 4.31 Å². The standard InChI is InChI=1S/C30H36N2O6S/c1-19(33)37-24-11-10-22-16-25-30(34)13-12-23(31(2)39(35,36)18-21-6-4-3-5-7-21)28-29(30,26(22)27(24)38-28)14-15-32(25)17-20-8-9-20/h3-7,10-11,20,23,25,28,34H,8-9,12-18H2,1-2H3/t23-,25+,28-,29-,30+/m0/s1. The third-order valence-corrected chi connectivity index (χ3v) is 11.9. The molecule has 2 aromatic carbocycles. The van der Waals surface area contributed by atoms with Gasteiger partial charge in [-0.1, -0.05) is 36.4 Å². The summed E-state index contributed by atoms with van der Waals surface area (Å²) in [6.45, 7) is 3.19. The second-order valence-corrected chi connectivity index (χ2v) is 14.3. The molecule has 9 heteroatoms. The van der Waals surface area contributed by atoms with Crippen LogP contribution in [0.5, 0.6) is 11.5 Å². The van der Waals surface area contributed by atoms with Crippen molar-refractivity contribution in [2.45, 2.75) is 80.4 Å². The normalized spacial score (nSPS) is 33.0. The molecule has 3 fully saturated rings. The SMILES string of the molecule is CC(=O)Oc1ccc2c3c1O[C@H]1[C@@H](N(C)S(=O)(=O)Cc4ccccc4)CC[C@@]4(O)[C@@H](C2)N(CC2CC2)CC[C@]314. The zero-order valence-electron chi connectivity index (χ0n) is 22.5. The van der Waals surface area contributed by atoms with Gasteiger partial charge in [0.25, 0.3) is 0 Å². The minimum Gasteiger partial charge on any atom is -0.483 e. The highest BCUT2D eigenvalue weighted by molar-refractivity contribution is 7.88. The van der Waals surface area contributed by atoms with Crippen LogP contribution >= 0.6 is 0 Å². The smallest absolute Gasteiger partial charge is 0.308 e. The molecule has 3 aliphatic carbocycles. The molecule has 2 heterocycles. The molecule has 5 aliphatic rings. The predicted molar refractivity (Wildman–Crippen MR) is 145 cm³/mol. The lowest BCUT2D eigenvalue weighted by atomic mass is 9.48. The molecule has 1 saturated heterocycles. The monoisotopic (exact) mass is 552 g/mol. The Balaban J connectivity index is 1.32. The Morgan fingerprint density at radius 3 is 2.64 bits per heavy atom. The molecule has 0 aromatic heterocycles. The quantitative estimate of drug-likeness (QED) is 0.417. The van der Waals surface area contributed by atoms with Gasteiger partial charge in [-0.25, -0.2) is 8.42 Å². The van der Waals surface area contributed by atoms with Crippen molar-refractivity contribution < 1.29 is 27.8 Å². The fraction of sp³-hybridized carbons (Fsp3) is 0.567. The summed E-state index contributed by atoms with van der Waals surface area (Å²) in [5.74, 6) is 1.01. The van der Waals surface area contributed by atoms with Gasteiger partial charge in [-0.3, -0.25) is 9.69 Å². The van der Waals surface area contributed by atoms with Gasteiger partial charge < -0.3 is 14.6 Å². The average Bonchev–Trinajstić information content (AvgIpc) is 3.64. The summed E-state index contributed by atoms with van der Waals surface area (Å²) in [5, 5.41) is 12.7. The number of carbonyl (C=O) groups excluding carboxylic acids is 1. The Morgan fingerprint density at radius 2 is 1.92 bits per heavy atom. The number of aliphatic hydroxyl groups is 1.